The molecule has 0 saturated heterocycles. The number of aromatic nitrogens is 6. The van der Waals surface area contributed by atoms with Crippen molar-refractivity contribution in [3.63, 3.8) is 0 Å². The molecule has 0 radical (unpaired) electrons. The Labute approximate surface area is 165 Å². The van der Waals surface area contributed by atoms with Crippen molar-refractivity contribution in [3.8, 4) is 18.3 Å². The fourth-order valence-electron chi connectivity index (χ4n) is 3.33. The monoisotopic (exact) mass is 380 g/mol. The summed E-state index contributed by atoms with van der Waals surface area (Å²) in [5, 5.41) is 0. The Morgan fingerprint density at radius 3 is 2.76 bits per heavy atom. The maximum atomic E-state index is 12.5. The predicted molar refractivity (Wildman–Crippen MR) is 111 cm³/mol. The minimum absolute atomic E-state index is 0.225. The fraction of sp³-hybridized carbons (Fsp3) is 0.0909. The van der Waals surface area contributed by atoms with Crippen LogP contribution in [0.1, 0.15) is 16.7 Å². The molecule has 0 atom stereocenters. The van der Waals surface area contributed by atoms with Crippen LogP contribution in [0.3, 0.4) is 0 Å². The minimum Gasteiger partial charge on any atom is -0.303 e. The molecule has 0 saturated carbocycles. The molecule has 0 bridgehead atoms. The van der Waals surface area contributed by atoms with E-state index >= 15 is 0 Å². The summed E-state index contributed by atoms with van der Waals surface area (Å²) in [7, 11) is 0. The molecule has 5 aromatic rings. The van der Waals surface area contributed by atoms with Crippen molar-refractivity contribution in [1.29, 1.82) is 0 Å². The summed E-state index contributed by atoms with van der Waals surface area (Å²) in [6.07, 6.45) is 8.79. The second-order valence-corrected chi connectivity index (χ2v) is 6.87. The van der Waals surface area contributed by atoms with Crippen LogP contribution in [0.5, 0.6) is 0 Å². The van der Waals surface area contributed by atoms with E-state index in [-0.39, 0.29) is 5.69 Å². The van der Waals surface area contributed by atoms with E-state index in [1.54, 1.807) is 21.7 Å². The van der Waals surface area contributed by atoms with Crippen molar-refractivity contribution in [2.75, 3.05) is 0 Å². The Bertz CT molecular complexity index is 1460. The number of H-pyrrole nitrogens is 1. The van der Waals surface area contributed by atoms with Gasteiger partial charge in [-0.3, -0.25) is 9.13 Å². The van der Waals surface area contributed by atoms with Crippen LogP contribution in [0.2, 0.25) is 0 Å². The van der Waals surface area contributed by atoms with Crippen LogP contribution < -0.4 is 5.69 Å². The summed E-state index contributed by atoms with van der Waals surface area (Å²) < 4.78 is 3.38. The number of nitrogens with zero attached hydrogens (tertiary/aromatic N) is 5. The second kappa shape index (κ2) is 6.46. The molecule has 3 heterocycles. The number of benzene rings is 2. The number of hydrogen-bond acceptors (Lipinski definition) is 4. The quantitative estimate of drug-likeness (QED) is 0.488. The van der Waals surface area contributed by atoms with Gasteiger partial charge in [-0.05, 0) is 30.7 Å². The first-order valence-electron chi connectivity index (χ1n) is 9.07. The lowest BCUT2D eigenvalue weighted by molar-refractivity contribution is 0.774. The lowest BCUT2D eigenvalue weighted by Gasteiger charge is -2.06. The van der Waals surface area contributed by atoms with Gasteiger partial charge in [0.15, 0.2) is 5.65 Å². The Morgan fingerprint density at radius 1 is 1.14 bits per heavy atom. The largest absolute Gasteiger partial charge is 0.328 e. The molecule has 5 rings (SSSR count). The molecule has 3 aromatic heterocycles. The molecule has 0 aliphatic carbocycles. The van der Waals surface area contributed by atoms with Gasteiger partial charge in [-0.1, -0.05) is 35.7 Å². The standard InChI is InChI=1S/C22H16N6O/c1-3-15-8-9-17-19(10-15)28(13-24-17)21-23-11-18-20(26-21)27(22(29)25-18)12-16-6-4-14(2)5-7-16/h1,4-11,13H,12H2,2H3,(H,25,29). The van der Waals surface area contributed by atoms with Gasteiger partial charge in [-0.25, -0.2) is 14.8 Å². The number of aromatic amines is 1. The molecule has 7 nitrogen and oxygen atoms in total. The number of imidazole rings is 2. The van der Waals surface area contributed by atoms with Crippen LogP contribution in [-0.2, 0) is 6.54 Å². The van der Waals surface area contributed by atoms with Gasteiger partial charge in [0.25, 0.3) is 0 Å². The molecule has 140 valence electrons. The van der Waals surface area contributed by atoms with Crippen LogP contribution >= 0.6 is 0 Å². The molecule has 29 heavy (non-hydrogen) atoms. The van der Waals surface area contributed by atoms with Gasteiger partial charge in [-0.2, -0.15) is 4.98 Å². The normalized spacial score (nSPS) is 11.2. The lowest BCUT2D eigenvalue weighted by Crippen LogP contribution is -2.18. The Morgan fingerprint density at radius 2 is 1.97 bits per heavy atom. The molecule has 0 fully saturated rings. The first kappa shape index (κ1) is 17.0. The van der Waals surface area contributed by atoms with Gasteiger partial charge in [0.1, 0.15) is 11.8 Å². The molecule has 0 aliphatic heterocycles. The molecule has 2 aromatic carbocycles. The summed E-state index contributed by atoms with van der Waals surface area (Å²) >= 11 is 0. The van der Waals surface area contributed by atoms with Crippen molar-refractivity contribution in [3.05, 3.63) is 82.2 Å². The molecular weight excluding hydrogens is 364 g/mol. The molecular formula is C22H16N6O. The third kappa shape index (κ3) is 2.87. The highest BCUT2D eigenvalue weighted by Gasteiger charge is 2.13. The van der Waals surface area contributed by atoms with Crippen molar-refractivity contribution >= 4 is 22.2 Å². The summed E-state index contributed by atoms with van der Waals surface area (Å²) in [5.74, 6) is 3.05. The van der Waals surface area contributed by atoms with Crippen LogP contribution in [-0.4, -0.2) is 29.1 Å². The van der Waals surface area contributed by atoms with Gasteiger partial charge < -0.3 is 4.98 Å². The van der Waals surface area contributed by atoms with E-state index in [9.17, 15) is 4.79 Å². The Balaban J connectivity index is 1.65. The SMILES string of the molecule is C#Cc1ccc2ncn(-c3ncc4[nH]c(=O)n(Cc5ccc(C)cc5)c4n3)c2c1. The van der Waals surface area contributed by atoms with Gasteiger partial charge in [0.2, 0.25) is 5.95 Å². The molecule has 0 unspecified atom stereocenters. The van der Waals surface area contributed by atoms with Gasteiger partial charge in [0.05, 0.1) is 23.8 Å². The van der Waals surface area contributed by atoms with Crippen molar-refractivity contribution in [2.45, 2.75) is 13.5 Å². The highest BCUT2D eigenvalue weighted by molar-refractivity contribution is 5.79. The molecule has 7 heteroatoms. The first-order valence-corrected chi connectivity index (χ1v) is 9.07. The van der Waals surface area contributed by atoms with E-state index in [1.165, 1.54) is 5.56 Å². The van der Waals surface area contributed by atoms with Crippen molar-refractivity contribution < 1.29 is 0 Å². The summed E-state index contributed by atoms with van der Waals surface area (Å²) in [6.45, 7) is 2.45. The van der Waals surface area contributed by atoms with E-state index < -0.39 is 0 Å². The minimum atomic E-state index is -0.225. The molecule has 0 spiro atoms. The van der Waals surface area contributed by atoms with Gasteiger partial charge >= 0.3 is 5.69 Å². The van der Waals surface area contributed by atoms with Crippen LogP contribution in [0.4, 0.5) is 0 Å². The highest BCUT2D eigenvalue weighted by Crippen LogP contribution is 2.19. The average Bonchev–Trinajstić information content (AvgIpc) is 3.29. The summed E-state index contributed by atoms with van der Waals surface area (Å²) in [6, 6.07) is 13.6. The summed E-state index contributed by atoms with van der Waals surface area (Å²) in [5.41, 5.74) is 5.43. The number of fused-ring (bicyclic) bond motifs is 2. The topological polar surface area (TPSA) is 81.4 Å². The lowest BCUT2D eigenvalue weighted by atomic mass is 10.1. The van der Waals surface area contributed by atoms with E-state index in [4.69, 9.17) is 6.42 Å². The summed E-state index contributed by atoms with van der Waals surface area (Å²) in [4.78, 5) is 28.8. The predicted octanol–water partition coefficient (Wildman–Crippen LogP) is 2.80. The smallest absolute Gasteiger partial charge is 0.303 e. The van der Waals surface area contributed by atoms with Crippen molar-refractivity contribution in [2.24, 2.45) is 0 Å². The highest BCUT2D eigenvalue weighted by atomic mass is 16.1. The van der Waals surface area contributed by atoms with Crippen molar-refractivity contribution in [1.82, 2.24) is 29.1 Å². The van der Waals surface area contributed by atoms with E-state index in [0.717, 1.165) is 22.2 Å². The third-order valence-corrected chi connectivity index (χ3v) is 4.89. The van der Waals surface area contributed by atoms with Crippen LogP contribution in [0.25, 0.3) is 28.1 Å². The van der Waals surface area contributed by atoms with Crippen LogP contribution in [0, 0.1) is 19.3 Å². The van der Waals surface area contributed by atoms with E-state index in [0.29, 0.717) is 23.7 Å². The molecule has 0 aliphatic rings. The van der Waals surface area contributed by atoms with E-state index in [2.05, 4.69) is 25.9 Å². The van der Waals surface area contributed by atoms with Gasteiger partial charge in [-0.15, -0.1) is 6.42 Å². The third-order valence-electron chi connectivity index (χ3n) is 4.89. The molecule has 0 amide bonds. The fourth-order valence-corrected chi connectivity index (χ4v) is 3.33. The zero-order chi connectivity index (χ0) is 20.0. The zero-order valence-corrected chi connectivity index (χ0v) is 15.6. The second-order valence-electron chi connectivity index (χ2n) is 6.87. The first-order chi connectivity index (χ1) is 14.1. The number of nitrogens with one attached hydrogen (secondary N) is 1. The zero-order valence-electron chi connectivity index (χ0n) is 15.6. The maximum Gasteiger partial charge on any atom is 0.328 e. The van der Waals surface area contributed by atoms with Gasteiger partial charge in [0, 0.05) is 5.56 Å². The Kier molecular flexibility index (Phi) is 3.78. The maximum absolute atomic E-state index is 12.5. The number of aryl methyl sites for hydroxylation is 1. The Hall–Kier alpha value is -4.18. The molecule has 1 N–H and O–H groups in total. The number of rotatable bonds is 3. The van der Waals surface area contributed by atoms with Crippen LogP contribution in [0.15, 0.2) is 59.8 Å². The number of terminal acetylenes is 1. The van der Waals surface area contributed by atoms with E-state index in [1.807, 2.05) is 49.4 Å². The average molecular weight is 380 g/mol. The number of hydrogen-bond donors (Lipinski definition) is 1.